The number of para-hydroxylation sites is 3. The molecule has 0 aliphatic rings. The zero-order valence-corrected chi connectivity index (χ0v) is 19.6. The number of nitrogens with zero attached hydrogens (tertiary/aromatic N) is 2. The summed E-state index contributed by atoms with van der Waals surface area (Å²) in [4.78, 5) is 0. The van der Waals surface area contributed by atoms with Gasteiger partial charge >= 0.3 is 0 Å². The predicted octanol–water partition coefficient (Wildman–Crippen LogP) is 9.03. The first-order valence-corrected chi connectivity index (χ1v) is 12.4. The molecular weight excluding hydrogens is 436 g/mol. The van der Waals surface area contributed by atoms with Gasteiger partial charge < -0.3 is 9.13 Å². The second-order valence-electron chi connectivity index (χ2n) is 9.46. The molecule has 8 rings (SSSR count). The van der Waals surface area contributed by atoms with E-state index in [1.807, 2.05) is 0 Å². The fourth-order valence-corrected chi connectivity index (χ4v) is 5.89. The minimum absolute atomic E-state index is 1.18. The molecule has 0 saturated carbocycles. The Morgan fingerprint density at radius 3 is 1.39 bits per heavy atom. The Bertz CT molecular complexity index is 2050. The molecular formula is C34H22N2. The van der Waals surface area contributed by atoms with Crippen molar-refractivity contribution in [1.82, 2.24) is 9.13 Å². The van der Waals surface area contributed by atoms with Crippen molar-refractivity contribution in [2.24, 2.45) is 0 Å². The highest BCUT2D eigenvalue weighted by Crippen LogP contribution is 2.37. The molecule has 0 atom stereocenters. The molecule has 0 aliphatic heterocycles. The Hall–Kier alpha value is -4.82. The second kappa shape index (κ2) is 7.34. The van der Waals surface area contributed by atoms with Gasteiger partial charge in [-0.25, -0.2) is 0 Å². The van der Waals surface area contributed by atoms with Crippen molar-refractivity contribution in [1.29, 1.82) is 0 Å². The van der Waals surface area contributed by atoms with Gasteiger partial charge in [-0.05, 0) is 59.3 Å². The van der Waals surface area contributed by atoms with E-state index in [1.165, 1.54) is 65.8 Å². The van der Waals surface area contributed by atoms with Gasteiger partial charge in [0.1, 0.15) is 0 Å². The molecule has 0 aliphatic carbocycles. The summed E-state index contributed by atoms with van der Waals surface area (Å²) < 4.78 is 4.79. The molecule has 0 amide bonds. The van der Waals surface area contributed by atoms with Gasteiger partial charge in [-0.1, -0.05) is 84.9 Å². The zero-order chi connectivity index (χ0) is 23.6. The fourth-order valence-electron chi connectivity index (χ4n) is 5.89. The summed E-state index contributed by atoms with van der Waals surface area (Å²) in [7, 11) is 0. The van der Waals surface area contributed by atoms with Crippen molar-refractivity contribution in [3.63, 3.8) is 0 Å². The summed E-state index contributed by atoms with van der Waals surface area (Å²) in [5.74, 6) is 0. The quantitative estimate of drug-likeness (QED) is 0.244. The molecule has 2 heteroatoms. The van der Waals surface area contributed by atoms with Gasteiger partial charge in [0.25, 0.3) is 0 Å². The lowest BCUT2D eigenvalue weighted by Crippen LogP contribution is -1.95. The van der Waals surface area contributed by atoms with Crippen LogP contribution in [-0.2, 0) is 0 Å². The summed E-state index contributed by atoms with van der Waals surface area (Å²) in [6, 6.07) is 48.3. The lowest BCUT2D eigenvalue weighted by molar-refractivity contribution is 1.17. The van der Waals surface area contributed by atoms with E-state index in [9.17, 15) is 0 Å². The Morgan fingerprint density at radius 2 is 0.750 bits per heavy atom. The van der Waals surface area contributed by atoms with Crippen LogP contribution in [0, 0.1) is 0 Å². The fraction of sp³-hybridized carbons (Fsp3) is 0. The SMILES string of the molecule is c1ccc2cc(-n3c4ccccc4c4cc(-n5c6ccccc6c6ccccc65)ccc43)ccc2c1. The maximum Gasteiger partial charge on any atom is 0.0542 e. The third kappa shape index (κ3) is 2.67. The second-order valence-corrected chi connectivity index (χ2v) is 9.46. The van der Waals surface area contributed by atoms with Gasteiger partial charge in [0.15, 0.2) is 0 Å². The van der Waals surface area contributed by atoms with E-state index in [0.29, 0.717) is 0 Å². The number of hydrogen-bond acceptors (Lipinski definition) is 0. The predicted molar refractivity (Wildman–Crippen MR) is 153 cm³/mol. The highest BCUT2D eigenvalue weighted by Gasteiger charge is 2.16. The van der Waals surface area contributed by atoms with Gasteiger partial charge in [0.2, 0.25) is 0 Å². The Labute approximate surface area is 208 Å². The van der Waals surface area contributed by atoms with Crippen LogP contribution < -0.4 is 0 Å². The number of rotatable bonds is 2. The monoisotopic (exact) mass is 458 g/mol. The third-order valence-corrected chi connectivity index (χ3v) is 7.49. The van der Waals surface area contributed by atoms with Crippen molar-refractivity contribution < 1.29 is 0 Å². The van der Waals surface area contributed by atoms with Crippen molar-refractivity contribution in [2.45, 2.75) is 0 Å². The number of fused-ring (bicyclic) bond motifs is 7. The van der Waals surface area contributed by atoms with Crippen LogP contribution in [0.4, 0.5) is 0 Å². The van der Waals surface area contributed by atoms with Crippen LogP contribution in [0.2, 0.25) is 0 Å². The van der Waals surface area contributed by atoms with Crippen LogP contribution in [0.5, 0.6) is 0 Å². The summed E-state index contributed by atoms with van der Waals surface area (Å²) >= 11 is 0. The normalized spacial score (nSPS) is 11.9. The molecule has 0 bridgehead atoms. The summed E-state index contributed by atoms with van der Waals surface area (Å²) in [6.07, 6.45) is 0. The van der Waals surface area contributed by atoms with Crippen molar-refractivity contribution in [3.05, 3.63) is 133 Å². The van der Waals surface area contributed by atoms with Crippen molar-refractivity contribution in [3.8, 4) is 11.4 Å². The van der Waals surface area contributed by atoms with E-state index in [2.05, 4.69) is 143 Å². The molecule has 2 nitrogen and oxygen atoms in total. The molecule has 2 aromatic heterocycles. The summed E-state index contributed by atoms with van der Waals surface area (Å²) in [5, 5.41) is 7.61. The van der Waals surface area contributed by atoms with Crippen LogP contribution in [0.3, 0.4) is 0 Å². The molecule has 168 valence electrons. The summed E-state index contributed by atoms with van der Waals surface area (Å²) in [6.45, 7) is 0. The van der Waals surface area contributed by atoms with Gasteiger partial charge in [0.05, 0.1) is 22.1 Å². The Kier molecular flexibility index (Phi) is 3.97. The molecule has 0 radical (unpaired) electrons. The molecule has 0 unspecified atom stereocenters. The summed E-state index contributed by atoms with van der Waals surface area (Å²) in [5.41, 5.74) is 7.27. The van der Waals surface area contributed by atoms with Crippen LogP contribution in [-0.4, -0.2) is 9.13 Å². The molecule has 8 aromatic rings. The molecule has 0 N–H and O–H groups in total. The first-order valence-electron chi connectivity index (χ1n) is 12.4. The third-order valence-electron chi connectivity index (χ3n) is 7.49. The van der Waals surface area contributed by atoms with Gasteiger partial charge in [-0.3, -0.25) is 0 Å². The van der Waals surface area contributed by atoms with Crippen molar-refractivity contribution >= 4 is 54.4 Å². The van der Waals surface area contributed by atoms with Crippen LogP contribution >= 0.6 is 0 Å². The minimum Gasteiger partial charge on any atom is -0.309 e. The lowest BCUT2D eigenvalue weighted by Gasteiger charge is -2.11. The number of benzene rings is 6. The van der Waals surface area contributed by atoms with Crippen LogP contribution in [0.25, 0.3) is 65.8 Å². The maximum atomic E-state index is 2.40. The average Bonchev–Trinajstić information content (AvgIpc) is 3.45. The Morgan fingerprint density at radius 1 is 0.306 bits per heavy atom. The first kappa shape index (κ1) is 19.5. The van der Waals surface area contributed by atoms with Gasteiger partial charge in [-0.2, -0.15) is 0 Å². The standard InChI is InChI=1S/C34H22N2/c1-2-10-24-21-25(18-17-23(24)9-1)35-33-16-8-5-13-29(33)30-22-26(19-20-34(30)35)36-31-14-6-3-11-27(31)28-12-4-7-15-32(28)36/h1-22H. The van der Waals surface area contributed by atoms with Gasteiger partial charge in [-0.15, -0.1) is 0 Å². The first-order chi connectivity index (χ1) is 17.9. The topological polar surface area (TPSA) is 9.86 Å². The van der Waals surface area contributed by atoms with E-state index >= 15 is 0 Å². The van der Waals surface area contributed by atoms with E-state index in [0.717, 1.165) is 0 Å². The smallest absolute Gasteiger partial charge is 0.0542 e. The highest BCUT2D eigenvalue weighted by molar-refractivity contribution is 6.12. The molecule has 0 fully saturated rings. The molecule has 36 heavy (non-hydrogen) atoms. The minimum atomic E-state index is 1.18. The van der Waals surface area contributed by atoms with Crippen LogP contribution in [0.15, 0.2) is 133 Å². The lowest BCUT2D eigenvalue weighted by atomic mass is 10.1. The molecule has 6 aromatic carbocycles. The number of aromatic nitrogens is 2. The highest BCUT2D eigenvalue weighted by atomic mass is 15.0. The maximum absolute atomic E-state index is 2.40. The van der Waals surface area contributed by atoms with E-state index in [-0.39, 0.29) is 0 Å². The van der Waals surface area contributed by atoms with E-state index in [4.69, 9.17) is 0 Å². The van der Waals surface area contributed by atoms with E-state index < -0.39 is 0 Å². The van der Waals surface area contributed by atoms with E-state index in [1.54, 1.807) is 0 Å². The Balaban J connectivity index is 1.44. The number of hydrogen-bond donors (Lipinski definition) is 0. The molecule has 0 saturated heterocycles. The molecule has 2 heterocycles. The zero-order valence-electron chi connectivity index (χ0n) is 19.6. The van der Waals surface area contributed by atoms with Crippen LogP contribution in [0.1, 0.15) is 0 Å². The average molecular weight is 459 g/mol. The van der Waals surface area contributed by atoms with Crippen molar-refractivity contribution in [2.75, 3.05) is 0 Å². The molecule has 0 spiro atoms. The van der Waals surface area contributed by atoms with Gasteiger partial charge in [0, 0.05) is 32.9 Å². The largest absolute Gasteiger partial charge is 0.309 e.